The van der Waals surface area contributed by atoms with Crippen LogP contribution in [0.3, 0.4) is 0 Å². The number of nitrogens with zero attached hydrogens (tertiary/aromatic N) is 1. The van der Waals surface area contributed by atoms with Crippen LogP contribution in [0.5, 0.6) is 5.75 Å². The SMILES string of the molecule is O=C(Nc1ccc(OCC(O)Cn2c3ccccc3c3ccccc32)cc1)c1ccccc1. The zero-order valence-corrected chi connectivity index (χ0v) is 18.0. The third-order valence-electron chi connectivity index (χ3n) is 5.66. The Bertz CT molecular complexity index is 1340. The van der Waals surface area contributed by atoms with Gasteiger partial charge in [0, 0.05) is 33.1 Å². The van der Waals surface area contributed by atoms with Gasteiger partial charge in [0.1, 0.15) is 18.5 Å². The molecule has 1 unspecified atom stereocenters. The van der Waals surface area contributed by atoms with Gasteiger partial charge in [-0.2, -0.15) is 0 Å². The lowest BCUT2D eigenvalue weighted by atomic mass is 10.2. The topological polar surface area (TPSA) is 63.5 Å². The highest BCUT2D eigenvalue weighted by Crippen LogP contribution is 2.29. The average Bonchev–Trinajstić information content (AvgIpc) is 3.18. The second kappa shape index (κ2) is 9.18. The Morgan fingerprint density at radius 2 is 1.36 bits per heavy atom. The molecule has 0 saturated heterocycles. The van der Waals surface area contributed by atoms with E-state index in [1.54, 1.807) is 36.4 Å². The molecule has 0 fully saturated rings. The first-order valence-electron chi connectivity index (χ1n) is 10.9. The summed E-state index contributed by atoms with van der Waals surface area (Å²) in [5, 5.41) is 15.9. The molecule has 5 heteroatoms. The first-order valence-corrected chi connectivity index (χ1v) is 10.9. The molecule has 4 aromatic carbocycles. The zero-order chi connectivity index (χ0) is 22.6. The van der Waals surface area contributed by atoms with Crippen molar-refractivity contribution in [1.29, 1.82) is 0 Å². The summed E-state index contributed by atoms with van der Waals surface area (Å²) < 4.78 is 7.95. The van der Waals surface area contributed by atoms with Crippen molar-refractivity contribution < 1.29 is 14.6 Å². The molecular formula is C28H24N2O3. The third kappa shape index (κ3) is 4.45. The molecule has 0 aliphatic heterocycles. The fourth-order valence-corrected chi connectivity index (χ4v) is 4.08. The largest absolute Gasteiger partial charge is 0.491 e. The van der Waals surface area contributed by atoms with E-state index in [-0.39, 0.29) is 12.5 Å². The van der Waals surface area contributed by atoms with Crippen molar-refractivity contribution in [2.45, 2.75) is 12.6 Å². The Hall–Kier alpha value is -4.09. The van der Waals surface area contributed by atoms with Crippen molar-refractivity contribution in [2.75, 3.05) is 11.9 Å². The van der Waals surface area contributed by atoms with Crippen molar-refractivity contribution in [3.05, 3.63) is 109 Å². The van der Waals surface area contributed by atoms with Gasteiger partial charge < -0.3 is 19.7 Å². The Kier molecular flexibility index (Phi) is 5.79. The number of benzene rings is 4. The van der Waals surface area contributed by atoms with E-state index in [4.69, 9.17) is 4.74 Å². The van der Waals surface area contributed by atoms with Crippen LogP contribution in [0, 0.1) is 0 Å². The Morgan fingerprint density at radius 3 is 2.00 bits per heavy atom. The maximum atomic E-state index is 12.3. The molecule has 33 heavy (non-hydrogen) atoms. The molecule has 5 rings (SSSR count). The summed E-state index contributed by atoms with van der Waals surface area (Å²) in [5.41, 5.74) is 3.47. The van der Waals surface area contributed by atoms with E-state index in [9.17, 15) is 9.90 Å². The highest BCUT2D eigenvalue weighted by molar-refractivity contribution is 6.08. The number of aliphatic hydroxyl groups excluding tert-OH is 1. The molecule has 5 nitrogen and oxygen atoms in total. The van der Waals surface area contributed by atoms with Gasteiger partial charge in [-0.1, -0.05) is 54.6 Å². The highest BCUT2D eigenvalue weighted by Gasteiger charge is 2.14. The number of aliphatic hydroxyl groups is 1. The number of hydrogen-bond acceptors (Lipinski definition) is 3. The van der Waals surface area contributed by atoms with Crippen LogP contribution < -0.4 is 10.1 Å². The van der Waals surface area contributed by atoms with Crippen molar-refractivity contribution >= 4 is 33.4 Å². The summed E-state index contributed by atoms with van der Waals surface area (Å²) in [5.74, 6) is 0.472. The number of anilines is 1. The molecule has 5 aromatic rings. The van der Waals surface area contributed by atoms with Gasteiger partial charge in [-0.05, 0) is 48.5 Å². The first kappa shape index (κ1) is 20.8. The fraction of sp³-hybridized carbons (Fsp3) is 0.107. The number of fused-ring (bicyclic) bond motifs is 3. The molecule has 0 aliphatic rings. The number of hydrogen-bond donors (Lipinski definition) is 2. The number of nitrogens with one attached hydrogen (secondary N) is 1. The minimum Gasteiger partial charge on any atom is -0.491 e. The molecule has 0 bridgehead atoms. The van der Waals surface area contributed by atoms with Gasteiger partial charge in [0.2, 0.25) is 0 Å². The zero-order valence-electron chi connectivity index (χ0n) is 18.0. The summed E-state index contributed by atoms with van der Waals surface area (Å²) >= 11 is 0. The van der Waals surface area contributed by atoms with Gasteiger partial charge in [0.25, 0.3) is 5.91 Å². The summed E-state index contributed by atoms with van der Waals surface area (Å²) in [7, 11) is 0. The number of rotatable bonds is 7. The van der Waals surface area contributed by atoms with Crippen LogP contribution >= 0.6 is 0 Å². The number of aromatic nitrogens is 1. The molecule has 0 spiro atoms. The highest BCUT2D eigenvalue weighted by atomic mass is 16.5. The van der Waals surface area contributed by atoms with E-state index in [0.29, 0.717) is 23.5 Å². The Labute approximate surface area is 191 Å². The first-order chi connectivity index (χ1) is 16.2. The summed E-state index contributed by atoms with van der Waals surface area (Å²) in [6.07, 6.45) is -0.679. The summed E-state index contributed by atoms with van der Waals surface area (Å²) in [6.45, 7) is 0.593. The predicted molar refractivity (Wildman–Crippen MR) is 132 cm³/mol. The maximum absolute atomic E-state index is 12.3. The van der Waals surface area contributed by atoms with E-state index in [1.165, 1.54) is 10.8 Å². The number of ether oxygens (including phenoxy) is 1. The molecule has 1 atom stereocenters. The molecule has 1 aromatic heterocycles. The number of para-hydroxylation sites is 2. The van der Waals surface area contributed by atoms with Crippen LogP contribution in [-0.2, 0) is 6.54 Å². The molecule has 164 valence electrons. The fourth-order valence-electron chi connectivity index (χ4n) is 4.08. The molecule has 0 aliphatic carbocycles. The van der Waals surface area contributed by atoms with Crippen molar-refractivity contribution in [2.24, 2.45) is 0 Å². The van der Waals surface area contributed by atoms with Gasteiger partial charge in [-0.15, -0.1) is 0 Å². The maximum Gasteiger partial charge on any atom is 0.255 e. The molecular weight excluding hydrogens is 412 g/mol. The number of amides is 1. The lowest BCUT2D eigenvalue weighted by Crippen LogP contribution is -2.23. The molecule has 1 amide bonds. The van der Waals surface area contributed by atoms with Crippen LogP contribution in [0.1, 0.15) is 10.4 Å². The minimum absolute atomic E-state index is 0.161. The molecule has 2 N–H and O–H groups in total. The van der Waals surface area contributed by atoms with Crippen molar-refractivity contribution in [3.8, 4) is 5.75 Å². The quantitative estimate of drug-likeness (QED) is 0.355. The van der Waals surface area contributed by atoms with Crippen LogP contribution in [0.15, 0.2) is 103 Å². The standard InChI is InChI=1S/C28H24N2O3/c31-22(18-30-26-12-6-4-10-24(26)25-11-5-7-13-27(25)30)19-33-23-16-14-21(15-17-23)29-28(32)20-8-2-1-3-9-20/h1-17,22,31H,18-19H2,(H,29,32). The van der Waals surface area contributed by atoms with Gasteiger partial charge in [0.15, 0.2) is 0 Å². The van der Waals surface area contributed by atoms with Gasteiger partial charge >= 0.3 is 0 Å². The lowest BCUT2D eigenvalue weighted by Gasteiger charge is -2.15. The van der Waals surface area contributed by atoms with E-state index in [2.05, 4.69) is 34.1 Å². The summed E-state index contributed by atoms with van der Waals surface area (Å²) in [6, 6.07) is 32.7. The van der Waals surface area contributed by atoms with Crippen LogP contribution in [0.25, 0.3) is 21.8 Å². The van der Waals surface area contributed by atoms with Crippen LogP contribution in [0.4, 0.5) is 5.69 Å². The smallest absolute Gasteiger partial charge is 0.255 e. The lowest BCUT2D eigenvalue weighted by molar-refractivity contribution is 0.0945. The van der Waals surface area contributed by atoms with Crippen LogP contribution in [0.2, 0.25) is 0 Å². The molecule has 0 saturated carbocycles. The van der Waals surface area contributed by atoms with Crippen molar-refractivity contribution in [3.63, 3.8) is 0 Å². The van der Waals surface area contributed by atoms with Gasteiger partial charge in [-0.3, -0.25) is 4.79 Å². The third-order valence-corrected chi connectivity index (χ3v) is 5.66. The van der Waals surface area contributed by atoms with Crippen LogP contribution in [-0.4, -0.2) is 28.3 Å². The second-order valence-corrected chi connectivity index (χ2v) is 7.95. The van der Waals surface area contributed by atoms with E-state index in [0.717, 1.165) is 11.0 Å². The molecule has 1 heterocycles. The Morgan fingerprint density at radius 1 is 0.788 bits per heavy atom. The van der Waals surface area contributed by atoms with Crippen molar-refractivity contribution in [1.82, 2.24) is 4.57 Å². The minimum atomic E-state index is -0.679. The molecule has 0 radical (unpaired) electrons. The summed E-state index contributed by atoms with van der Waals surface area (Å²) in [4.78, 5) is 12.3. The van der Waals surface area contributed by atoms with E-state index >= 15 is 0 Å². The van der Waals surface area contributed by atoms with Gasteiger partial charge in [-0.25, -0.2) is 0 Å². The monoisotopic (exact) mass is 436 g/mol. The van der Waals surface area contributed by atoms with E-state index < -0.39 is 6.10 Å². The van der Waals surface area contributed by atoms with E-state index in [1.807, 2.05) is 42.5 Å². The number of carbonyl (C=O) groups excluding carboxylic acids is 1. The Balaban J connectivity index is 1.23. The number of carbonyl (C=O) groups is 1. The second-order valence-electron chi connectivity index (χ2n) is 7.95. The normalized spacial score (nSPS) is 12.0. The predicted octanol–water partition coefficient (Wildman–Crippen LogP) is 5.49. The van der Waals surface area contributed by atoms with Gasteiger partial charge in [0.05, 0.1) is 6.54 Å². The average molecular weight is 437 g/mol.